The first-order chi connectivity index (χ1) is 8.85. The lowest BCUT2D eigenvalue weighted by molar-refractivity contribution is 0.415. The topological polar surface area (TPSA) is 34.1 Å². The van der Waals surface area contributed by atoms with Gasteiger partial charge in [0.1, 0.15) is 10.8 Å². The van der Waals surface area contributed by atoms with Gasteiger partial charge in [-0.05, 0) is 42.7 Å². The maximum Gasteiger partial charge on any atom is 0.118 e. The normalized spacial score (nSPS) is 14.7. The molecule has 3 nitrogen and oxygen atoms in total. The van der Waals surface area contributed by atoms with Crippen LogP contribution in [0.25, 0.3) is 10.4 Å². The first-order valence-electron chi connectivity index (χ1n) is 6.17. The fraction of sp³-hybridized carbons (Fsp3) is 0.357. The minimum absolute atomic E-state index is 0.735. The number of nitrogens with one attached hydrogen (secondary N) is 1. The van der Waals surface area contributed by atoms with Crippen LogP contribution in [0.3, 0.4) is 0 Å². The van der Waals surface area contributed by atoms with Crippen molar-refractivity contribution in [3.63, 3.8) is 0 Å². The zero-order valence-corrected chi connectivity index (χ0v) is 11.2. The second-order valence-corrected chi connectivity index (χ2v) is 5.62. The summed E-state index contributed by atoms with van der Waals surface area (Å²) in [7, 11) is 1.68. The highest BCUT2D eigenvalue weighted by Gasteiger charge is 2.20. The van der Waals surface area contributed by atoms with Crippen molar-refractivity contribution in [3.05, 3.63) is 35.5 Å². The zero-order valence-electron chi connectivity index (χ0n) is 10.3. The van der Waals surface area contributed by atoms with Gasteiger partial charge >= 0.3 is 0 Å². The molecule has 0 aliphatic heterocycles. The second-order valence-electron chi connectivity index (χ2n) is 4.50. The van der Waals surface area contributed by atoms with Crippen LogP contribution >= 0.6 is 11.3 Å². The number of methoxy groups -OCH3 is 1. The molecule has 1 N–H and O–H groups in total. The first-order valence-corrected chi connectivity index (χ1v) is 6.99. The van der Waals surface area contributed by atoms with E-state index in [2.05, 4.69) is 22.4 Å². The molecule has 18 heavy (non-hydrogen) atoms. The Labute approximate surface area is 111 Å². The summed E-state index contributed by atoms with van der Waals surface area (Å²) in [6.45, 7) is 0.894. The monoisotopic (exact) mass is 260 g/mol. The van der Waals surface area contributed by atoms with Gasteiger partial charge in [-0.2, -0.15) is 0 Å². The molecule has 0 atom stereocenters. The Balaban J connectivity index is 1.70. The van der Waals surface area contributed by atoms with Crippen molar-refractivity contribution in [2.45, 2.75) is 25.4 Å². The summed E-state index contributed by atoms with van der Waals surface area (Å²) >= 11 is 1.75. The van der Waals surface area contributed by atoms with Crippen LogP contribution in [0.4, 0.5) is 0 Å². The molecule has 0 bridgehead atoms. The second kappa shape index (κ2) is 5.08. The van der Waals surface area contributed by atoms with Crippen LogP contribution < -0.4 is 10.1 Å². The maximum atomic E-state index is 5.16. The molecule has 1 fully saturated rings. The third-order valence-corrected chi connectivity index (χ3v) is 4.09. The summed E-state index contributed by atoms with van der Waals surface area (Å²) < 4.78 is 5.16. The molecule has 2 aromatic rings. The van der Waals surface area contributed by atoms with Gasteiger partial charge in [0.2, 0.25) is 0 Å². The predicted octanol–water partition coefficient (Wildman–Crippen LogP) is 3.07. The van der Waals surface area contributed by atoms with Crippen LogP contribution in [0.5, 0.6) is 5.75 Å². The summed E-state index contributed by atoms with van der Waals surface area (Å²) in [5.41, 5.74) is 1.20. The van der Waals surface area contributed by atoms with Crippen molar-refractivity contribution in [1.82, 2.24) is 10.3 Å². The fourth-order valence-corrected chi connectivity index (χ4v) is 2.67. The van der Waals surface area contributed by atoms with E-state index in [0.717, 1.165) is 23.3 Å². The van der Waals surface area contributed by atoms with Gasteiger partial charge in [-0.25, -0.2) is 4.98 Å². The molecule has 1 aliphatic carbocycles. The Morgan fingerprint density at radius 3 is 2.78 bits per heavy atom. The highest BCUT2D eigenvalue weighted by atomic mass is 32.1. The molecule has 1 saturated carbocycles. The van der Waals surface area contributed by atoms with E-state index >= 15 is 0 Å². The third kappa shape index (κ3) is 2.71. The van der Waals surface area contributed by atoms with Gasteiger partial charge in [0.15, 0.2) is 0 Å². The van der Waals surface area contributed by atoms with Crippen molar-refractivity contribution in [2.75, 3.05) is 7.11 Å². The summed E-state index contributed by atoms with van der Waals surface area (Å²) in [5.74, 6) is 0.888. The lowest BCUT2D eigenvalue weighted by atomic mass is 10.2. The summed E-state index contributed by atoms with van der Waals surface area (Å²) in [6, 6.07) is 8.85. The van der Waals surface area contributed by atoms with Gasteiger partial charge in [-0.1, -0.05) is 0 Å². The van der Waals surface area contributed by atoms with E-state index < -0.39 is 0 Å². The molecule has 1 aromatic carbocycles. The van der Waals surface area contributed by atoms with Gasteiger partial charge < -0.3 is 10.1 Å². The highest BCUT2D eigenvalue weighted by Crippen LogP contribution is 2.28. The molecule has 94 valence electrons. The minimum atomic E-state index is 0.735. The van der Waals surface area contributed by atoms with Gasteiger partial charge in [-0.3, -0.25) is 0 Å². The Bertz CT molecular complexity index is 517. The predicted molar refractivity (Wildman–Crippen MR) is 74.0 cm³/mol. The lowest BCUT2D eigenvalue weighted by Crippen LogP contribution is -2.14. The number of rotatable bonds is 5. The Morgan fingerprint density at radius 2 is 2.11 bits per heavy atom. The van der Waals surface area contributed by atoms with Gasteiger partial charge in [0.25, 0.3) is 0 Å². The summed E-state index contributed by atoms with van der Waals surface area (Å²) in [5, 5.41) is 4.64. The van der Waals surface area contributed by atoms with Crippen molar-refractivity contribution < 1.29 is 4.74 Å². The molecule has 4 heteroatoms. The molecular weight excluding hydrogens is 244 g/mol. The largest absolute Gasteiger partial charge is 0.497 e. The zero-order chi connectivity index (χ0) is 12.4. The number of thiazole rings is 1. The summed E-state index contributed by atoms with van der Waals surface area (Å²) in [6.07, 6.45) is 4.59. The maximum absolute atomic E-state index is 5.16. The van der Waals surface area contributed by atoms with Crippen molar-refractivity contribution in [1.29, 1.82) is 0 Å². The first kappa shape index (κ1) is 11.7. The molecule has 0 unspecified atom stereocenters. The van der Waals surface area contributed by atoms with Crippen LogP contribution in [0.15, 0.2) is 30.5 Å². The molecule has 1 aliphatic rings. The number of ether oxygens (including phenoxy) is 1. The summed E-state index contributed by atoms with van der Waals surface area (Å²) in [4.78, 5) is 5.67. The van der Waals surface area contributed by atoms with Crippen molar-refractivity contribution >= 4 is 11.3 Å². The van der Waals surface area contributed by atoms with Crippen molar-refractivity contribution in [2.24, 2.45) is 0 Å². The molecule has 3 rings (SSSR count). The van der Waals surface area contributed by atoms with E-state index in [1.807, 2.05) is 18.3 Å². The molecule has 0 saturated heterocycles. The Morgan fingerprint density at radius 1 is 1.33 bits per heavy atom. The van der Waals surface area contributed by atoms with Crippen LogP contribution in [0.1, 0.15) is 17.8 Å². The average molecular weight is 260 g/mol. The van der Waals surface area contributed by atoms with E-state index in [4.69, 9.17) is 4.74 Å². The minimum Gasteiger partial charge on any atom is -0.497 e. The van der Waals surface area contributed by atoms with Crippen LogP contribution in [-0.4, -0.2) is 18.1 Å². The molecular formula is C14H16N2OS. The highest BCUT2D eigenvalue weighted by molar-refractivity contribution is 7.15. The number of hydrogen-bond acceptors (Lipinski definition) is 4. The lowest BCUT2D eigenvalue weighted by Gasteiger charge is -2.00. The van der Waals surface area contributed by atoms with Gasteiger partial charge in [0, 0.05) is 18.8 Å². The molecule has 0 spiro atoms. The SMILES string of the molecule is COc1ccc(-c2cnc(CNC3CC3)s2)cc1. The number of nitrogens with zero attached hydrogens (tertiary/aromatic N) is 1. The van der Waals surface area contributed by atoms with Gasteiger partial charge in [-0.15, -0.1) is 11.3 Å². The number of aromatic nitrogens is 1. The van der Waals surface area contributed by atoms with E-state index in [9.17, 15) is 0 Å². The average Bonchev–Trinajstić information content (AvgIpc) is 3.14. The quantitative estimate of drug-likeness (QED) is 0.897. The van der Waals surface area contributed by atoms with E-state index in [-0.39, 0.29) is 0 Å². The molecule has 0 radical (unpaired) electrons. The molecule has 1 aromatic heterocycles. The van der Waals surface area contributed by atoms with Crippen LogP contribution in [0, 0.1) is 0 Å². The van der Waals surface area contributed by atoms with E-state index in [0.29, 0.717) is 0 Å². The van der Waals surface area contributed by atoms with E-state index in [1.54, 1.807) is 18.4 Å². The van der Waals surface area contributed by atoms with Crippen molar-refractivity contribution in [3.8, 4) is 16.2 Å². The Hall–Kier alpha value is -1.39. The Kier molecular flexibility index (Phi) is 3.30. The molecule has 0 amide bonds. The standard InChI is InChI=1S/C14H16N2OS/c1-17-12-6-2-10(3-7-12)13-8-16-14(18-13)9-15-11-4-5-11/h2-3,6-8,11,15H,4-5,9H2,1H3. The number of hydrogen-bond donors (Lipinski definition) is 1. The smallest absolute Gasteiger partial charge is 0.118 e. The molecule has 1 heterocycles. The van der Waals surface area contributed by atoms with E-state index in [1.165, 1.54) is 23.3 Å². The third-order valence-electron chi connectivity index (χ3n) is 3.05. The van der Waals surface area contributed by atoms with Gasteiger partial charge in [0.05, 0.1) is 12.0 Å². The van der Waals surface area contributed by atoms with Crippen LogP contribution in [-0.2, 0) is 6.54 Å². The number of benzene rings is 1. The fourth-order valence-electron chi connectivity index (χ4n) is 1.80. The van der Waals surface area contributed by atoms with Crippen LogP contribution in [0.2, 0.25) is 0 Å².